The van der Waals surface area contributed by atoms with E-state index in [1.807, 2.05) is 0 Å². The van der Waals surface area contributed by atoms with Crippen molar-refractivity contribution >= 4 is 16.0 Å². The van der Waals surface area contributed by atoms with Crippen LogP contribution in [0.3, 0.4) is 0 Å². The summed E-state index contributed by atoms with van der Waals surface area (Å²) < 4.78 is 32.8. The van der Waals surface area contributed by atoms with Crippen LogP contribution in [0.4, 0.5) is 0 Å². The molecule has 1 aromatic rings. The number of carbonyl (C=O) groups is 1. The highest BCUT2D eigenvalue weighted by atomic mass is 32.2. The molecule has 2 unspecified atom stereocenters. The van der Waals surface area contributed by atoms with Crippen LogP contribution in [0.25, 0.3) is 0 Å². The van der Waals surface area contributed by atoms with Gasteiger partial charge in [-0.25, -0.2) is 17.9 Å². The molecule has 0 bridgehead atoms. The third-order valence-corrected chi connectivity index (χ3v) is 6.28. The van der Waals surface area contributed by atoms with Gasteiger partial charge in [-0.05, 0) is 49.3 Å². The molecule has 2 atom stereocenters. The lowest BCUT2D eigenvalue weighted by Crippen LogP contribution is -2.32. The number of nitrogens with one attached hydrogen (secondary N) is 1. The molecule has 0 amide bonds. The molecule has 0 saturated heterocycles. The maximum absolute atomic E-state index is 12.4. The van der Waals surface area contributed by atoms with Crippen LogP contribution in [0.15, 0.2) is 29.2 Å². The van der Waals surface area contributed by atoms with E-state index < -0.39 is 16.0 Å². The smallest absolute Gasteiger partial charge is 0.338 e. The average molecular weight is 337 g/mol. The topological polar surface area (TPSA) is 72.5 Å². The summed E-state index contributed by atoms with van der Waals surface area (Å²) in [5, 5.41) is 0. The van der Waals surface area contributed by atoms with Gasteiger partial charge in [0.2, 0.25) is 10.0 Å². The summed E-state index contributed by atoms with van der Waals surface area (Å²) in [7, 11) is -3.59. The highest BCUT2D eigenvalue weighted by Crippen LogP contribution is 2.37. The summed E-state index contributed by atoms with van der Waals surface area (Å²) in [5.74, 6) is 0.613. The molecule has 126 valence electrons. The Labute approximate surface area is 137 Å². The molecule has 0 spiro atoms. The minimum Gasteiger partial charge on any atom is -0.462 e. The lowest BCUT2D eigenvalue weighted by molar-refractivity contribution is 0.0481. The van der Waals surface area contributed by atoms with E-state index in [9.17, 15) is 13.2 Å². The molecule has 2 aliphatic rings. The Bertz CT molecular complexity index is 680. The third-order valence-electron chi connectivity index (χ3n) is 4.76. The Balaban J connectivity index is 1.66. The van der Waals surface area contributed by atoms with Crippen molar-refractivity contribution in [3.8, 4) is 0 Å². The van der Waals surface area contributed by atoms with Crippen LogP contribution in [-0.2, 0) is 14.8 Å². The summed E-state index contributed by atoms with van der Waals surface area (Å²) in [6.07, 6.45) is 4.95. The van der Waals surface area contributed by atoms with Gasteiger partial charge in [-0.1, -0.05) is 25.8 Å². The normalized spacial score (nSPS) is 24.6. The van der Waals surface area contributed by atoms with E-state index in [2.05, 4.69) is 11.6 Å². The molecule has 1 N–H and O–H groups in total. The quantitative estimate of drug-likeness (QED) is 0.810. The molecule has 0 heterocycles. The van der Waals surface area contributed by atoms with E-state index in [1.54, 1.807) is 12.1 Å². The van der Waals surface area contributed by atoms with Gasteiger partial charge < -0.3 is 4.74 Å². The Morgan fingerprint density at radius 3 is 2.65 bits per heavy atom. The summed E-state index contributed by atoms with van der Waals surface area (Å²) in [4.78, 5) is 12.2. The van der Waals surface area contributed by atoms with Gasteiger partial charge in [0.25, 0.3) is 0 Å². The first-order valence-corrected chi connectivity index (χ1v) is 9.73. The molecule has 23 heavy (non-hydrogen) atoms. The van der Waals surface area contributed by atoms with Crippen molar-refractivity contribution in [2.45, 2.75) is 50.0 Å². The van der Waals surface area contributed by atoms with E-state index in [1.165, 1.54) is 12.1 Å². The average Bonchev–Trinajstić information content (AvgIpc) is 3.00. The first-order valence-electron chi connectivity index (χ1n) is 8.25. The maximum atomic E-state index is 12.4. The van der Waals surface area contributed by atoms with Gasteiger partial charge in [-0.15, -0.1) is 0 Å². The van der Waals surface area contributed by atoms with Crippen molar-refractivity contribution in [1.82, 2.24) is 4.72 Å². The number of hydrogen-bond acceptors (Lipinski definition) is 4. The van der Waals surface area contributed by atoms with Crippen molar-refractivity contribution in [3.63, 3.8) is 0 Å². The third kappa shape index (κ3) is 4.12. The van der Waals surface area contributed by atoms with Crippen molar-refractivity contribution in [1.29, 1.82) is 0 Å². The molecule has 6 heteroatoms. The van der Waals surface area contributed by atoms with Crippen LogP contribution in [0.5, 0.6) is 0 Å². The molecule has 2 saturated carbocycles. The fourth-order valence-corrected chi connectivity index (χ4v) is 4.37. The van der Waals surface area contributed by atoms with E-state index in [0.29, 0.717) is 18.4 Å². The second kappa shape index (κ2) is 6.61. The minimum absolute atomic E-state index is 0.00645. The summed E-state index contributed by atoms with van der Waals surface area (Å²) in [6, 6.07) is 6.09. The van der Waals surface area contributed by atoms with Crippen LogP contribution in [0, 0.1) is 11.8 Å². The van der Waals surface area contributed by atoms with E-state index >= 15 is 0 Å². The second-order valence-corrected chi connectivity index (χ2v) is 8.42. The van der Waals surface area contributed by atoms with Gasteiger partial charge >= 0.3 is 5.97 Å². The van der Waals surface area contributed by atoms with Crippen molar-refractivity contribution < 1.29 is 17.9 Å². The van der Waals surface area contributed by atoms with Gasteiger partial charge in [0.1, 0.15) is 0 Å². The SMILES string of the molecule is CC1CC1COC(=O)c1cccc(S(=O)(=O)NC2CCCC2)c1. The molecule has 0 aliphatic heterocycles. The Hall–Kier alpha value is -1.40. The molecule has 0 radical (unpaired) electrons. The van der Waals surface area contributed by atoms with Gasteiger partial charge in [-0.2, -0.15) is 0 Å². The fourth-order valence-electron chi connectivity index (χ4n) is 3.02. The molecule has 2 fully saturated rings. The predicted octanol–water partition coefficient (Wildman–Crippen LogP) is 2.72. The van der Waals surface area contributed by atoms with Gasteiger partial charge in [0.15, 0.2) is 0 Å². The molecule has 2 aliphatic carbocycles. The standard InChI is InChI=1S/C17H23NO4S/c1-12-9-14(12)11-22-17(19)13-5-4-8-16(10-13)23(20,21)18-15-6-2-3-7-15/h4-5,8,10,12,14-15,18H,2-3,6-7,9,11H2,1H3. The van der Waals surface area contributed by atoms with E-state index in [-0.39, 0.29) is 16.5 Å². The van der Waals surface area contributed by atoms with E-state index in [4.69, 9.17) is 4.74 Å². The predicted molar refractivity (Wildman–Crippen MR) is 86.6 cm³/mol. The minimum atomic E-state index is -3.59. The Morgan fingerprint density at radius 2 is 2.00 bits per heavy atom. The fraction of sp³-hybridized carbons (Fsp3) is 0.588. The van der Waals surface area contributed by atoms with Crippen LogP contribution in [-0.4, -0.2) is 27.0 Å². The Morgan fingerprint density at radius 1 is 1.30 bits per heavy atom. The summed E-state index contributed by atoms with van der Waals surface area (Å²) in [6.45, 7) is 2.54. The zero-order valence-corrected chi connectivity index (χ0v) is 14.1. The first-order chi connectivity index (χ1) is 11.0. The maximum Gasteiger partial charge on any atom is 0.338 e. The van der Waals surface area contributed by atoms with Gasteiger partial charge in [0.05, 0.1) is 17.1 Å². The number of rotatable bonds is 6. The zero-order chi connectivity index (χ0) is 16.4. The molecule has 1 aromatic carbocycles. The van der Waals surface area contributed by atoms with Crippen LogP contribution < -0.4 is 4.72 Å². The molecule has 0 aromatic heterocycles. The van der Waals surface area contributed by atoms with Crippen molar-refractivity contribution in [2.75, 3.05) is 6.61 Å². The number of carbonyl (C=O) groups excluding carboxylic acids is 1. The molecular weight excluding hydrogens is 314 g/mol. The lowest BCUT2D eigenvalue weighted by Gasteiger charge is -2.13. The second-order valence-electron chi connectivity index (χ2n) is 6.70. The highest BCUT2D eigenvalue weighted by molar-refractivity contribution is 7.89. The number of esters is 1. The molecule has 3 rings (SSSR count). The highest BCUT2D eigenvalue weighted by Gasteiger charge is 2.33. The van der Waals surface area contributed by atoms with Crippen molar-refractivity contribution in [3.05, 3.63) is 29.8 Å². The number of hydrogen-bond donors (Lipinski definition) is 1. The largest absolute Gasteiger partial charge is 0.462 e. The van der Waals surface area contributed by atoms with Crippen molar-refractivity contribution in [2.24, 2.45) is 11.8 Å². The zero-order valence-electron chi connectivity index (χ0n) is 13.3. The number of sulfonamides is 1. The van der Waals surface area contributed by atoms with Gasteiger partial charge in [-0.3, -0.25) is 0 Å². The summed E-state index contributed by atoms with van der Waals surface area (Å²) >= 11 is 0. The monoisotopic (exact) mass is 337 g/mol. The van der Waals surface area contributed by atoms with Crippen LogP contribution in [0.1, 0.15) is 49.4 Å². The molecular formula is C17H23NO4S. The number of ether oxygens (including phenoxy) is 1. The Kier molecular flexibility index (Phi) is 4.73. The molecule has 5 nitrogen and oxygen atoms in total. The van der Waals surface area contributed by atoms with Gasteiger partial charge in [0, 0.05) is 6.04 Å². The summed E-state index contributed by atoms with van der Waals surface area (Å²) in [5.41, 5.74) is 0.285. The lowest BCUT2D eigenvalue weighted by atomic mass is 10.2. The van der Waals surface area contributed by atoms with E-state index in [0.717, 1.165) is 32.1 Å². The first kappa shape index (κ1) is 16.5. The van der Waals surface area contributed by atoms with Crippen LogP contribution >= 0.6 is 0 Å². The number of benzene rings is 1. The van der Waals surface area contributed by atoms with Crippen LogP contribution in [0.2, 0.25) is 0 Å².